The van der Waals surface area contributed by atoms with Gasteiger partial charge in [0, 0.05) is 30.8 Å². The minimum Gasteiger partial charge on any atom is -0.374 e. The van der Waals surface area contributed by atoms with Crippen molar-refractivity contribution in [1.29, 1.82) is 0 Å². The van der Waals surface area contributed by atoms with Gasteiger partial charge in [-0.3, -0.25) is 0 Å². The highest BCUT2D eigenvalue weighted by Gasteiger charge is 2.05. The lowest BCUT2D eigenvalue weighted by Gasteiger charge is -2.14. The second kappa shape index (κ2) is 11.6. The van der Waals surface area contributed by atoms with Crippen molar-refractivity contribution in [2.24, 2.45) is 4.99 Å². The minimum absolute atomic E-state index is 0.121. The first-order valence-corrected chi connectivity index (χ1v) is 10.2. The van der Waals surface area contributed by atoms with E-state index in [-0.39, 0.29) is 6.10 Å². The van der Waals surface area contributed by atoms with Crippen LogP contribution in [0.1, 0.15) is 48.7 Å². The van der Waals surface area contributed by atoms with E-state index in [1.165, 1.54) is 10.4 Å². The lowest BCUT2D eigenvalue weighted by Crippen LogP contribution is -2.38. The maximum atomic E-state index is 5.91. The van der Waals surface area contributed by atoms with Gasteiger partial charge in [0.25, 0.3) is 0 Å². The third kappa shape index (κ3) is 7.14. The standard InChI is InChI=1S/C20H30N4OS/c1-4-18-14-23-19(26-18)15-24-20(21-5-2)22-12-9-13-25-16(3)17-10-7-6-8-11-17/h6-8,10-11,14,16H,4-5,9,12-13,15H2,1-3H3,(H2,21,22,24). The molecule has 1 unspecified atom stereocenters. The van der Waals surface area contributed by atoms with Gasteiger partial charge in [-0.2, -0.15) is 0 Å². The molecule has 1 heterocycles. The molecule has 1 atom stereocenters. The van der Waals surface area contributed by atoms with Crippen molar-refractivity contribution >= 4 is 17.3 Å². The van der Waals surface area contributed by atoms with E-state index in [0.29, 0.717) is 6.54 Å². The molecule has 6 heteroatoms. The molecule has 2 aromatic rings. The second-order valence-electron chi connectivity index (χ2n) is 5.97. The normalized spacial score (nSPS) is 12.8. The summed E-state index contributed by atoms with van der Waals surface area (Å²) in [6.45, 7) is 9.30. The molecule has 1 aromatic heterocycles. The molecule has 0 fully saturated rings. The highest BCUT2D eigenvalue weighted by molar-refractivity contribution is 7.11. The van der Waals surface area contributed by atoms with E-state index >= 15 is 0 Å². The summed E-state index contributed by atoms with van der Waals surface area (Å²) in [5.41, 5.74) is 1.21. The molecular weight excluding hydrogens is 344 g/mol. The predicted octanol–water partition coefficient (Wildman–Crippen LogP) is 3.93. The third-order valence-corrected chi connectivity index (χ3v) is 5.04. The topological polar surface area (TPSA) is 58.5 Å². The van der Waals surface area contributed by atoms with E-state index < -0.39 is 0 Å². The van der Waals surface area contributed by atoms with E-state index in [4.69, 9.17) is 4.74 Å². The highest BCUT2D eigenvalue weighted by Crippen LogP contribution is 2.16. The van der Waals surface area contributed by atoms with Crippen molar-refractivity contribution in [1.82, 2.24) is 15.6 Å². The Morgan fingerprint density at radius 2 is 2.04 bits per heavy atom. The number of hydrogen-bond acceptors (Lipinski definition) is 4. The summed E-state index contributed by atoms with van der Waals surface area (Å²) < 4.78 is 5.91. The van der Waals surface area contributed by atoms with Gasteiger partial charge in [0.15, 0.2) is 5.96 Å². The molecule has 0 aliphatic heterocycles. The van der Waals surface area contributed by atoms with Crippen molar-refractivity contribution in [2.75, 3.05) is 19.7 Å². The van der Waals surface area contributed by atoms with Gasteiger partial charge in [0.2, 0.25) is 0 Å². The Labute approximate surface area is 160 Å². The van der Waals surface area contributed by atoms with Crippen LogP contribution in [-0.2, 0) is 17.7 Å². The number of aliphatic imine (C=N–C) groups is 1. The Balaban J connectivity index is 1.69. The van der Waals surface area contributed by atoms with Crippen LogP contribution in [0, 0.1) is 0 Å². The largest absolute Gasteiger partial charge is 0.374 e. The Hall–Kier alpha value is -1.92. The lowest BCUT2D eigenvalue weighted by atomic mass is 10.1. The molecule has 0 aliphatic carbocycles. The van der Waals surface area contributed by atoms with Crippen LogP contribution >= 0.6 is 11.3 Å². The number of nitrogens with zero attached hydrogens (tertiary/aromatic N) is 2. The molecule has 2 N–H and O–H groups in total. The fourth-order valence-corrected chi connectivity index (χ4v) is 3.22. The Kier molecular flexibility index (Phi) is 9.14. The molecule has 0 amide bonds. The van der Waals surface area contributed by atoms with Crippen LogP contribution in [0.3, 0.4) is 0 Å². The van der Waals surface area contributed by atoms with E-state index in [9.17, 15) is 0 Å². The van der Waals surface area contributed by atoms with Gasteiger partial charge in [0.05, 0.1) is 12.6 Å². The first-order chi connectivity index (χ1) is 12.7. The quantitative estimate of drug-likeness (QED) is 0.376. The number of thiazole rings is 1. The van der Waals surface area contributed by atoms with Gasteiger partial charge < -0.3 is 15.4 Å². The molecule has 0 bridgehead atoms. The number of hydrogen-bond donors (Lipinski definition) is 2. The summed E-state index contributed by atoms with van der Waals surface area (Å²) >= 11 is 1.73. The smallest absolute Gasteiger partial charge is 0.191 e. The summed E-state index contributed by atoms with van der Waals surface area (Å²) in [6, 6.07) is 10.3. The van der Waals surface area contributed by atoms with Gasteiger partial charge >= 0.3 is 0 Å². The zero-order valence-electron chi connectivity index (χ0n) is 16.0. The van der Waals surface area contributed by atoms with E-state index in [1.807, 2.05) is 24.4 Å². The fraction of sp³-hybridized carbons (Fsp3) is 0.500. The molecule has 26 heavy (non-hydrogen) atoms. The van der Waals surface area contributed by atoms with Crippen LogP contribution in [0.5, 0.6) is 0 Å². The molecule has 0 radical (unpaired) electrons. The zero-order valence-corrected chi connectivity index (χ0v) is 16.8. The van der Waals surface area contributed by atoms with Crippen molar-refractivity contribution in [2.45, 2.75) is 46.3 Å². The number of rotatable bonds is 10. The first kappa shape index (κ1) is 20.4. The van der Waals surface area contributed by atoms with Crippen LogP contribution < -0.4 is 10.6 Å². The van der Waals surface area contributed by atoms with Crippen LogP contribution in [0.4, 0.5) is 0 Å². The molecule has 0 saturated carbocycles. The number of nitrogens with one attached hydrogen (secondary N) is 2. The monoisotopic (exact) mass is 374 g/mol. The van der Waals surface area contributed by atoms with Crippen LogP contribution in [0.2, 0.25) is 0 Å². The molecule has 1 aromatic carbocycles. The first-order valence-electron chi connectivity index (χ1n) is 9.35. The Morgan fingerprint density at radius 1 is 1.23 bits per heavy atom. The Morgan fingerprint density at radius 3 is 2.73 bits per heavy atom. The number of aromatic nitrogens is 1. The van der Waals surface area contributed by atoms with Gasteiger partial charge in [0.1, 0.15) is 5.01 Å². The maximum absolute atomic E-state index is 5.91. The molecule has 5 nitrogen and oxygen atoms in total. The Bertz CT molecular complexity index is 657. The minimum atomic E-state index is 0.121. The second-order valence-corrected chi connectivity index (χ2v) is 7.17. The molecule has 2 rings (SSSR count). The van der Waals surface area contributed by atoms with Gasteiger partial charge in [-0.25, -0.2) is 9.98 Å². The molecule has 0 saturated heterocycles. The van der Waals surface area contributed by atoms with Crippen LogP contribution in [0.25, 0.3) is 0 Å². The average molecular weight is 375 g/mol. The summed E-state index contributed by atoms with van der Waals surface area (Å²) in [5.74, 6) is 0.830. The number of benzene rings is 1. The zero-order chi connectivity index (χ0) is 18.6. The molecule has 142 valence electrons. The summed E-state index contributed by atoms with van der Waals surface area (Å²) in [6.07, 6.45) is 4.02. The molecule has 0 spiro atoms. The van der Waals surface area contributed by atoms with Crippen molar-refractivity contribution in [3.8, 4) is 0 Å². The predicted molar refractivity (Wildman–Crippen MR) is 110 cm³/mol. The van der Waals surface area contributed by atoms with Gasteiger partial charge in [-0.15, -0.1) is 11.3 Å². The average Bonchev–Trinajstić information content (AvgIpc) is 3.14. The van der Waals surface area contributed by atoms with Crippen molar-refractivity contribution in [3.05, 3.63) is 52.0 Å². The van der Waals surface area contributed by atoms with Crippen LogP contribution in [-0.4, -0.2) is 30.6 Å². The number of aryl methyl sites for hydroxylation is 1. The fourth-order valence-electron chi connectivity index (χ4n) is 2.43. The number of ether oxygens (including phenoxy) is 1. The third-order valence-electron chi connectivity index (χ3n) is 3.92. The number of guanidine groups is 1. The highest BCUT2D eigenvalue weighted by atomic mass is 32.1. The SMILES string of the molecule is CCNC(=NCc1ncc(CC)s1)NCCCOC(C)c1ccccc1. The van der Waals surface area contributed by atoms with E-state index in [2.05, 4.69) is 53.5 Å². The lowest BCUT2D eigenvalue weighted by molar-refractivity contribution is 0.0646. The summed E-state index contributed by atoms with van der Waals surface area (Å²) in [7, 11) is 0. The van der Waals surface area contributed by atoms with Crippen molar-refractivity contribution in [3.63, 3.8) is 0 Å². The van der Waals surface area contributed by atoms with Gasteiger partial charge in [-0.1, -0.05) is 37.3 Å². The van der Waals surface area contributed by atoms with Crippen molar-refractivity contribution < 1.29 is 4.74 Å². The van der Waals surface area contributed by atoms with E-state index in [1.54, 1.807) is 11.3 Å². The van der Waals surface area contributed by atoms with E-state index in [0.717, 1.165) is 43.5 Å². The summed E-state index contributed by atoms with van der Waals surface area (Å²) in [5, 5.41) is 7.69. The molecule has 0 aliphatic rings. The summed E-state index contributed by atoms with van der Waals surface area (Å²) in [4.78, 5) is 10.3. The molecular formula is C20H30N4OS. The van der Waals surface area contributed by atoms with Gasteiger partial charge in [-0.05, 0) is 32.3 Å². The van der Waals surface area contributed by atoms with Crippen LogP contribution in [0.15, 0.2) is 41.5 Å². The maximum Gasteiger partial charge on any atom is 0.191 e.